The van der Waals surface area contributed by atoms with E-state index in [4.69, 9.17) is 5.11 Å². The summed E-state index contributed by atoms with van der Waals surface area (Å²) >= 11 is 0. The van der Waals surface area contributed by atoms with E-state index < -0.39 is 5.95 Å². The van der Waals surface area contributed by atoms with Crippen molar-refractivity contribution in [2.24, 2.45) is 7.05 Å². The van der Waals surface area contributed by atoms with Crippen LogP contribution in [-0.4, -0.2) is 14.9 Å². The summed E-state index contributed by atoms with van der Waals surface area (Å²) in [6.45, 7) is -0.292. The Bertz CT molecular complexity index is 209. The molecule has 9 heavy (non-hydrogen) atoms. The van der Waals surface area contributed by atoms with Gasteiger partial charge >= 0.3 is 0 Å². The maximum atomic E-state index is 12.3. The van der Waals surface area contributed by atoms with Crippen molar-refractivity contribution in [3.05, 3.63) is 17.7 Å². The van der Waals surface area contributed by atoms with Crippen molar-refractivity contribution in [3.8, 4) is 0 Å². The maximum Gasteiger partial charge on any atom is 0.238 e. The highest BCUT2D eigenvalue weighted by Crippen LogP contribution is 2.01. The largest absolute Gasteiger partial charge is 0.391 e. The molecule has 0 aliphatic rings. The van der Waals surface area contributed by atoms with E-state index in [1.54, 1.807) is 7.05 Å². The summed E-state index contributed by atoms with van der Waals surface area (Å²) in [5, 5.41) is 11.8. The number of aliphatic hydroxyl groups is 1. The summed E-state index contributed by atoms with van der Waals surface area (Å²) < 4.78 is 13.6. The molecule has 0 amide bonds. The van der Waals surface area contributed by atoms with Gasteiger partial charge in [0.25, 0.3) is 0 Å². The zero-order chi connectivity index (χ0) is 6.85. The smallest absolute Gasteiger partial charge is 0.238 e. The van der Waals surface area contributed by atoms with E-state index in [-0.39, 0.29) is 12.2 Å². The molecule has 0 fully saturated rings. The number of aryl methyl sites for hydroxylation is 1. The molecule has 1 N–H and O–H groups in total. The molecule has 1 rings (SSSR count). The van der Waals surface area contributed by atoms with E-state index in [1.165, 1.54) is 10.9 Å². The maximum absolute atomic E-state index is 12.3. The van der Waals surface area contributed by atoms with Crippen LogP contribution in [0.2, 0.25) is 0 Å². The molecule has 1 heterocycles. The predicted octanol–water partition coefficient (Wildman–Crippen LogP) is 0.0515. The number of aromatic nitrogens is 2. The average molecular weight is 130 g/mol. The molecular formula is C5H7FN2O. The first-order chi connectivity index (χ1) is 4.24. The summed E-state index contributed by atoms with van der Waals surface area (Å²) in [6.07, 6.45) is 1.44. The van der Waals surface area contributed by atoms with Crippen LogP contribution in [0, 0.1) is 5.95 Å². The lowest BCUT2D eigenvalue weighted by molar-refractivity contribution is 0.275. The molecular weight excluding hydrogens is 123 g/mol. The van der Waals surface area contributed by atoms with Crippen LogP contribution in [0.3, 0.4) is 0 Å². The lowest BCUT2D eigenvalue weighted by Gasteiger charge is -1.81. The van der Waals surface area contributed by atoms with Crippen LogP contribution < -0.4 is 0 Å². The third-order valence-electron chi connectivity index (χ3n) is 1.02. The first kappa shape index (κ1) is 6.22. The molecule has 50 valence electrons. The van der Waals surface area contributed by atoms with Gasteiger partial charge in [-0.15, -0.1) is 5.10 Å². The molecule has 1 aromatic heterocycles. The van der Waals surface area contributed by atoms with E-state index in [2.05, 4.69) is 5.10 Å². The monoisotopic (exact) mass is 130 g/mol. The topological polar surface area (TPSA) is 38.0 Å². The number of hydrogen-bond donors (Lipinski definition) is 1. The molecule has 0 aliphatic heterocycles. The standard InChI is InChI=1S/C5H7FN2O/c1-8-2-4(3-9)5(6)7-8/h2,9H,3H2,1H3. The quantitative estimate of drug-likeness (QED) is 0.583. The molecule has 0 radical (unpaired) electrons. The second kappa shape index (κ2) is 2.14. The van der Waals surface area contributed by atoms with Gasteiger partial charge in [0.2, 0.25) is 5.95 Å². The Morgan fingerprint density at radius 3 is 2.78 bits per heavy atom. The Morgan fingerprint density at radius 2 is 2.56 bits per heavy atom. The average Bonchev–Trinajstić information content (AvgIpc) is 2.10. The van der Waals surface area contributed by atoms with Crippen molar-refractivity contribution in [3.63, 3.8) is 0 Å². The van der Waals surface area contributed by atoms with Gasteiger partial charge in [0.05, 0.1) is 12.2 Å². The molecule has 0 saturated heterocycles. The van der Waals surface area contributed by atoms with Crippen LogP contribution in [0.15, 0.2) is 6.20 Å². The van der Waals surface area contributed by atoms with Crippen LogP contribution >= 0.6 is 0 Å². The normalized spacial score (nSPS) is 10.1. The number of rotatable bonds is 1. The van der Waals surface area contributed by atoms with Crippen molar-refractivity contribution >= 4 is 0 Å². The number of halogens is 1. The van der Waals surface area contributed by atoms with E-state index in [0.29, 0.717) is 0 Å². The minimum Gasteiger partial charge on any atom is -0.391 e. The molecule has 0 atom stereocenters. The Labute approximate surface area is 51.7 Å². The van der Waals surface area contributed by atoms with Gasteiger partial charge < -0.3 is 5.11 Å². The van der Waals surface area contributed by atoms with Crippen molar-refractivity contribution in [2.45, 2.75) is 6.61 Å². The van der Waals surface area contributed by atoms with Crippen LogP contribution in [0.25, 0.3) is 0 Å². The molecule has 0 bridgehead atoms. The van der Waals surface area contributed by atoms with E-state index in [9.17, 15) is 4.39 Å². The summed E-state index contributed by atoms with van der Waals surface area (Å²) in [5.74, 6) is -0.597. The number of aliphatic hydroxyl groups excluding tert-OH is 1. The number of nitrogens with zero attached hydrogens (tertiary/aromatic N) is 2. The summed E-state index contributed by atoms with van der Waals surface area (Å²) in [4.78, 5) is 0. The summed E-state index contributed by atoms with van der Waals surface area (Å²) in [7, 11) is 1.60. The summed E-state index contributed by atoms with van der Waals surface area (Å²) in [5.41, 5.74) is 0.234. The Morgan fingerprint density at radius 1 is 1.89 bits per heavy atom. The van der Waals surface area contributed by atoms with Gasteiger partial charge in [0, 0.05) is 13.2 Å². The molecule has 1 aromatic rings. The molecule has 0 spiro atoms. The molecule has 0 aliphatic carbocycles. The van der Waals surface area contributed by atoms with Crippen LogP contribution in [0.1, 0.15) is 5.56 Å². The lowest BCUT2D eigenvalue weighted by atomic mass is 10.4. The zero-order valence-electron chi connectivity index (χ0n) is 5.00. The fourth-order valence-electron chi connectivity index (χ4n) is 0.616. The van der Waals surface area contributed by atoms with Crippen molar-refractivity contribution < 1.29 is 9.50 Å². The predicted molar refractivity (Wildman–Crippen MR) is 29.1 cm³/mol. The Balaban J connectivity index is 3.01. The van der Waals surface area contributed by atoms with Gasteiger partial charge in [0.15, 0.2) is 0 Å². The van der Waals surface area contributed by atoms with Crippen LogP contribution in [-0.2, 0) is 13.7 Å². The second-order valence-corrected chi connectivity index (χ2v) is 1.78. The highest BCUT2D eigenvalue weighted by atomic mass is 19.1. The lowest BCUT2D eigenvalue weighted by Crippen LogP contribution is -1.86. The van der Waals surface area contributed by atoms with Crippen molar-refractivity contribution in [1.82, 2.24) is 9.78 Å². The minimum atomic E-state index is -0.597. The molecule has 0 aromatic carbocycles. The summed E-state index contributed by atoms with van der Waals surface area (Å²) in [6, 6.07) is 0. The zero-order valence-corrected chi connectivity index (χ0v) is 5.00. The fourth-order valence-corrected chi connectivity index (χ4v) is 0.616. The first-order valence-electron chi connectivity index (χ1n) is 2.53. The van der Waals surface area contributed by atoms with Gasteiger partial charge in [0.1, 0.15) is 0 Å². The van der Waals surface area contributed by atoms with Crippen LogP contribution in [0.4, 0.5) is 4.39 Å². The van der Waals surface area contributed by atoms with Crippen molar-refractivity contribution in [2.75, 3.05) is 0 Å². The van der Waals surface area contributed by atoms with Crippen molar-refractivity contribution in [1.29, 1.82) is 0 Å². The first-order valence-corrected chi connectivity index (χ1v) is 2.53. The van der Waals surface area contributed by atoms with E-state index in [1.807, 2.05) is 0 Å². The highest BCUT2D eigenvalue weighted by Gasteiger charge is 2.02. The second-order valence-electron chi connectivity index (χ2n) is 1.78. The van der Waals surface area contributed by atoms with Gasteiger partial charge in [-0.3, -0.25) is 4.68 Å². The minimum absolute atomic E-state index is 0.234. The van der Waals surface area contributed by atoms with Gasteiger partial charge in [-0.2, -0.15) is 4.39 Å². The van der Waals surface area contributed by atoms with Gasteiger partial charge in [-0.05, 0) is 0 Å². The van der Waals surface area contributed by atoms with E-state index in [0.717, 1.165) is 0 Å². The SMILES string of the molecule is Cn1cc(CO)c(F)n1. The molecule has 0 unspecified atom stereocenters. The van der Waals surface area contributed by atoms with E-state index >= 15 is 0 Å². The van der Waals surface area contributed by atoms with Gasteiger partial charge in [-0.25, -0.2) is 0 Å². The molecule has 3 nitrogen and oxygen atoms in total. The van der Waals surface area contributed by atoms with Gasteiger partial charge in [-0.1, -0.05) is 0 Å². The van der Waals surface area contributed by atoms with Crippen LogP contribution in [0.5, 0.6) is 0 Å². The Kier molecular flexibility index (Phi) is 1.48. The third kappa shape index (κ3) is 1.08. The fraction of sp³-hybridized carbons (Fsp3) is 0.400. The highest BCUT2D eigenvalue weighted by molar-refractivity contribution is 5.03. The third-order valence-corrected chi connectivity index (χ3v) is 1.02. The molecule has 0 saturated carbocycles. The number of hydrogen-bond acceptors (Lipinski definition) is 2. The Hall–Kier alpha value is -0.900. The molecule has 4 heteroatoms.